The molecule has 0 atom stereocenters. The monoisotopic (exact) mass is 173 g/mol. The topological polar surface area (TPSA) is 98.2 Å². The number of rotatable bonds is 0. The van der Waals surface area contributed by atoms with E-state index < -0.39 is 0 Å². The quantitative estimate of drug-likeness (QED) is 0.302. The van der Waals surface area contributed by atoms with Gasteiger partial charge in [0.15, 0.2) is 5.11 Å². The van der Waals surface area contributed by atoms with Gasteiger partial charge in [-0.1, -0.05) is 0 Å². The third-order valence-corrected chi connectivity index (χ3v) is 0.632. The van der Waals surface area contributed by atoms with Crippen LogP contribution in [-0.4, -0.2) is 16.9 Å². The predicted molar refractivity (Wildman–Crippen MR) is 43.3 cm³/mol. The number of nitrogens with one attached hydrogen (secondary N) is 1. The Morgan fingerprint density at radius 3 is 1.64 bits per heavy atom. The Hall–Kier alpha value is -1.43. The second kappa shape index (κ2) is 4.40. The molecule has 1 rings (SSSR count). The van der Waals surface area contributed by atoms with Crippen LogP contribution in [0.15, 0.2) is 12.2 Å². The van der Waals surface area contributed by atoms with Gasteiger partial charge < -0.3 is 11.5 Å². The fourth-order valence-electron chi connectivity index (χ4n) is 0.356. The van der Waals surface area contributed by atoms with Gasteiger partial charge in [-0.3, -0.25) is 14.9 Å². The summed E-state index contributed by atoms with van der Waals surface area (Å²) in [4.78, 5) is 20.1. The molecule has 0 aromatic heterocycles. The van der Waals surface area contributed by atoms with Crippen LogP contribution in [0.4, 0.5) is 0 Å². The number of nitrogens with two attached hydrogens (primary N) is 2. The van der Waals surface area contributed by atoms with Crippen molar-refractivity contribution in [3.05, 3.63) is 12.2 Å². The van der Waals surface area contributed by atoms with Crippen molar-refractivity contribution in [1.82, 2.24) is 5.32 Å². The molecule has 0 radical (unpaired) electrons. The van der Waals surface area contributed by atoms with Gasteiger partial charge in [0.1, 0.15) is 0 Å². The normalized spacial score (nSPS) is 13.5. The van der Waals surface area contributed by atoms with Crippen molar-refractivity contribution < 1.29 is 9.59 Å². The van der Waals surface area contributed by atoms with Crippen molar-refractivity contribution in [2.45, 2.75) is 0 Å². The first-order valence-corrected chi connectivity index (χ1v) is 3.01. The Kier molecular flexibility index (Phi) is 3.82. The third kappa shape index (κ3) is 6.46. The van der Waals surface area contributed by atoms with Crippen LogP contribution in [0.2, 0.25) is 0 Å². The van der Waals surface area contributed by atoms with E-state index in [9.17, 15) is 9.59 Å². The fourth-order valence-corrected chi connectivity index (χ4v) is 0.356. The highest BCUT2D eigenvalue weighted by Crippen LogP contribution is 1.82. The molecule has 60 valence electrons. The molecule has 11 heavy (non-hydrogen) atoms. The van der Waals surface area contributed by atoms with Gasteiger partial charge in [-0.2, -0.15) is 0 Å². The molecule has 1 heterocycles. The van der Waals surface area contributed by atoms with E-state index >= 15 is 0 Å². The number of amides is 2. The summed E-state index contributed by atoms with van der Waals surface area (Å²) in [5.41, 5.74) is 9.24. The van der Waals surface area contributed by atoms with Crippen molar-refractivity contribution in [2.75, 3.05) is 0 Å². The van der Waals surface area contributed by atoms with Crippen LogP contribution >= 0.6 is 12.2 Å². The molecule has 1 aliphatic heterocycles. The minimum Gasteiger partial charge on any atom is -0.377 e. The summed E-state index contributed by atoms with van der Waals surface area (Å²) in [6.07, 6.45) is 2.39. The predicted octanol–water partition coefficient (Wildman–Crippen LogP) is -1.61. The second-order valence-electron chi connectivity index (χ2n) is 1.59. The molecule has 6 heteroatoms. The zero-order valence-electron chi connectivity index (χ0n) is 5.53. The molecule has 5 N–H and O–H groups in total. The molecule has 2 amide bonds. The van der Waals surface area contributed by atoms with Gasteiger partial charge in [0.25, 0.3) is 11.8 Å². The first kappa shape index (κ1) is 9.57. The molecule has 5 nitrogen and oxygen atoms in total. The molecule has 0 saturated heterocycles. The van der Waals surface area contributed by atoms with Crippen molar-refractivity contribution in [3.63, 3.8) is 0 Å². The van der Waals surface area contributed by atoms with E-state index in [0.717, 1.165) is 0 Å². The Labute approximate surface area is 68.4 Å². The number of thiocarbonyl (C=S) groups is 1. The highest BCUT2D eigenvalue weighted by atomic mass is 32.1. The molecule has 0 aromatic carbocycles. The molecule has 0 unspecified atom stereocenters. The van der Waals surface area contributed by atoms with Crippen molar-refractivity contribution in [1.29, 1.82) is 0 Å². The summed E-state index contributed by atoms with van der Waals surface area (Å²) in [7, 11) is 0. The molecule has 0 aromatic rings. The maximum Gasteiger partial charge on any atom is 0.250 e. The van der Waals surface area contributed by atoms with Gasteiger partial charge in [-0.15, -0.1) is 0 Å². The lowest BCUT2D eigenvalue weighted by Crippen LogP contribution is -2.19. The third-order valence-electron chi connectivity index (χ3n) is 0.632. The van der Waals surface area contributed by atoms with Crippen LogP contribution in [0.5, 0.6) is 0 Å². The van der Waals surface area contributed by atoms with Crippen molar-refractivity contribution in [3.8, 4) is 0 Å². The summed E-state index contributed by atoms with van der Waals surface area (Å²) in [5.74, 6) is -0.657. The average Bonchev–Trinajstić information content (AvgIpc) is 2.13. The Bertz CT molecular complexity index is 204. The number of imide groups is 1. The van der Waals surface area contributed by atoms with E-state index in [-0.39, 0.29) is 16.9 Å². The molecule has 0 fully saturated rings. The first-order valence-electron chi connectivity index (χ1n) is 2.60. The minimum atomic E-state index is -0.329. The maximum atomic E-state index is 10.0. The second-order valence-corrected chi connectivity index (χ2v) is 2.06. The van der Waals surface area contributed by atoms with Gasteiger partial charge in [0.2, 0.25) is 0 Å². The van der Waals surface area contributed by atoms with Gasteiger partial charge >= 0.3 is 0 Å². The Morgan fingerprint density at radius 1 is 1.27 bits per heavy atom. The van der Waals surface area contributed by atoms with Crippen LogP contribution in [0.1, 0.15) is 0 Å². The summed E-state index contributed by atoms with van der Waals surface area (Å²) < 4.78 is 0. The van der Waals surface area contributed by atoms with Crippen molar-refractivity contribution >= 4 is 29.1 Å². The highest BCUT2D eigenvalue weighted by molar-refractivity contribution is 7.80. The molecular weight excluding hydrogens is 166 g/mol. The summed E-state index contributed by atoms with van der Waals surface area (Å²) >= 11 is 4.09. The van der Waals surface area contributed by atoms with Crippen LogP contribution in [-0.2, 0) is 9.59 Å². The molecule has 1 aliphatic rings. The van der Waals surface area contributed by atoms with E-state index in [1.807, 2.05) is 5.32 Å². The van der Waals surface area contributed by atoms with E-state index in [2.05, 4.69) is 23.7 Å². The fraction of sp³-hybridized carbons (Fsp3) is 0. The standard InChI is InChI=1S/C4H3NO2.CH4N2S/c6-3-1-2-4(7)5-3;2-1(3)4/h1-2H,(H,5,6,7);(H4,2,3,4). The lowest BCUT2D eigenvalue weighted by atomic mass is 10.6. The van der Waals surface area contributed by atoms with Gasteiger partial charge in [-0.25, -0.2) is 0 Å². The van der Waals surface area contributed by atoms with Crippen LogP contribution in [0.3, 0.4) is 0 Å². The number of hydrogen-bond acceptors (Lipinski definition) is 3. The van der Waals surface area contributed by atoms with Crippen LogP contribution < -0.4 is 16.8 Å². The molecule has 0 aliphatic carbocycles. The van der Waals surface area contributed by atoms with E-state index in [1.165, 1.54) is 12.2 Å². The molecule has 0 spiro atoms. The number of carbonyl (C=O) groups excluding carboxylic acids is 2. The highest BCUT2D eigenvalue weighted by Gasteiger charge is 2.06. The van der Waals surface area contributed by atoms with Gasteiger partial charge in [-0.05, 0) is 12.2 Å². The van der Waals surface area contributed by atoms with Crippen molar-refractivity contribution in [2.24, 2.45) is 11.5 Å². The van der Waals surface area contributed by atoms with Crippen LogP contribution in [0.25, 0.3) is 0 Å². The molecular formula is C5H7N3O2S. The zero-order chi connectivity index (χ0) is 8.85. The Balaban J connectivity index is 0.000000218. The SMILES string of the molecule is NC(N)=S.O=C1C=CC(=O)N1. The minimum absolute atomic E-state index is 0.000000000000000222. The van der Waals surface area contributed by atoms with Crippen LogP contribution in [0, 0.1) is 0 Å². The number of hydrogen-bond donors (Lipinski definition) is 3. The van der Waals surface area contributed by atoms with E-state index in [1.54, 1.807) is 0 Å². The average molecular weight is 173 g/mol. The largest absolute Gasteiger partial charge is 0.377 e. The lowest BCUT2D eigenvalue weighted by Gasteiger charge is -1.80. The summed E-state index contributed by atoms with van der Waals surface area (Å²) in [6.45, 7) is 0. The summed E-state index contributed by atoms with van der Waals surface area (Å²) in [5, 5.41) is 2.03. The zero-order valence-corrected chi connectivity index (χ0v) is 6.35. The molecule has 0 bridgehead atoms. The number of carbonyl (C=O) groups is 2. The first-order chi connectivity index (χ1) is 5.02. The lowest BCUT2D eigenvalue weighted by molar-refractivity contribution is -0.123. The van der Waals surface area contributed by atoms with E-state index in [4.69, 9.17) is 0 Å². The Morgan fingerprint density at radius 2 is 1.55 bits per heavy atom. The molecule has 0 saturated carbocycles. The van der Waals surface area contributed by atoms with Gasteiger partial charge in [0.05, 0.1) is 0 Å². The maximum absolute atomic E-state index is 10.0. The summed E-state index contributed by atoms with van der Waals surface area (Å²) in [6, 6.07) is 0. The smallest absolute Gasteiger partial charge is 0.250 e. The van der Waals surface area contributed by atoms with E-state index in [0.29, 0.717) is 0 Å². The van der Waals surface area contributed by atoms with Gasteiger partial charge in [0, 0.05) is 12.2 Å².